The largest absolute Gasteiger partial charge is 0.507 e. The quantitative estimate of drug-likeness (QED) is 0.848. The molecule has 2 N–H and O–H groups in total. The molecule has 0 bridgehead atoms. The number of rotatable bonds is 2. The number of phenols is 1. The Balaban J connectivity index is 2.58. The number of aromatic hydroxyl groups is 1. The zero-order valence-electron chi connectivity index (χ0n) is 15.3. The molecule has 0 aromatic heterocycles. The Hall–Kier alpha value is -1.16. The van der Waals surface area contributed by atoms with Gasteiger partial charge in [0.05, 0.1) is 11.1 Å². The summed E-state index contributed by atoms with van der Waals surface area (Å²) in [5.74, 6) is 1.31. The Morgan fingerprint density at radius 2 is 1.61 bits per heavy atom. The minimum Gasteiger partial charge on any atom is -0.507 e. The first kappa shape index (κ1) is 18.2. The Morgan fingerprint density at radius 1 is 1.13 bits per heavy atom. The van der Waals surface area contributed by atoms with Gasteiger partial charge in [-0.15, -0.1) is 11.8 Å². The molecule has 0 radical (unpaired) electrons. The molecule has 1 saturated heterocycles. The number of hydrogen-bond acceptors (Lipinski definition) is 3. The molecular formula is C19H29NO2S. The number of benzene rings is 1. The van der Waals surface area contributed by atoms with Crippen molar-refractivity contribution >= 4 is 17.7 Å². The molecule has 2 unspecified atom stereocenters. The summed E-state index contributed by atoms with van der Waals surface area (Å²) in [6, 6.07) is 4.17. The number of nitrogens with one attached hydrogen (secondary N) is 1. The van der Waals surface area contributed by atoms with Crippen molar-refractivity contribution in [2.24, 2.45) is 0 Å². The molecule has 1 heterocycles. The maximum absolute atomic E-state index is 12.0. The number of carbonyl (C=O) groups is 1. The van der Waals surface area contributed by atoms with Crippen LogP contribution in [0.3, 0.4) is 0 Å². The highest BCUT2D eigenvalue weighted by Crippen LogP contribution is 2.42. The summed E-state index contributed by atoms with van der Waals surface area (Å²) in [6.45, 7) is 14.8. The Morgan fingerprint density at radius 3 is 1.96 bits per heavy atom. The second-order valence-electron chi connectivity index (χ2n) is 8.53. The molecule has 1 aliphatic rings. The van der Waals surface area contributed by atoms with Crippen LogP contribution in [0.15, 0.2) is 12.1 Å². The van der Waals surface area contributed by atoms with E-state index in [0.717, 1.165) is 16.7 Å². The van der Waals surface area contributed by atoms with Gasteiger partial charge in [-0.25, -0.2) is 0 Å². The standard InChI is InChI=1S/C19H29NO2S/c1-11(16-17(22)20-10-23-16)12-8-13(18(2,3)4)15(21)14(9-12)19(5,6)7/h8-9,11,16,21H,10H2,1-7H3,(H,20,22). The molecule has 0 spiro atoms. The first-order valence-corrected chi connectivity index (χ1v) is 9.25. The summed E-state index contributed by atoms with van der Waals surface area (Å²) in [5.41, 5.74) is 2.74. The number of amides is 1. The normalized spacial score (nSPS) is 20.5. The van der Waals surface area contributed by atoms with Gasteiger partial charge in [-0.2, -0.15) is 0 Å². The van der Waals surface area contributed by atoms with Gasteiger partial charge in [0.25, 0.3) is 0 Å². The third kappa shape index (κ3) is 3.68. The summed E-state index contributed by atoms with van der Waals surface area (Å²) in [6.07, 6.45) is 0. The summed E-state index contributed by atoms with van der Waals surface area (Å²) in [5, 5.41) is 13.6. The summed E-state index contributed by atoms with van der Waals surface area (Å²) in [4.78, 5) is 12.0. The predicted octanol–water partition coefficient (Wildman–Crippen LogP) is 4.28. The first-order valence-electron chi connectivity index (χ1n) is 8.20. The maximum Gasteiger partial charge on any atom is 0.234 e. The average molecular weight is 336 g/mol. The zero-order chi connectivity index (χ0) is 17.6. The SMILES string of the molecule is CC(c1cc(C(C)(C)C)c(O)c(C(C)(C)C)c1)C1SCNC1=O. The fraction of sp³-hybridized carbons (Fsp3) is 0.632. The molecule has 2 atom stereocenters. The summed E-state index contributed by atoms with van der Waals surface area (Å²) in [7, 11) is 0. The van der Waals surface area contributed by atoms with Gasteiger partial charge in [0, 0.05) is 5.92 Å². The highest BCUT2D eigenvalue weighted by molar-refractivity contribution is 8.01. The topological polar surface area (TPSA) is 49.3 Å². The fourth-order valence-electron chi connectivity index (χ4n) is 2.99. The van der Waals surface area contributed by atoms with Gasteiger partial charge in [0.15, 0.2) is 0 Å². The number of thioether (sulfide) groups is 1. The van der Waals surface area contributed by atoms with Crippen molar-refractivity contribution in [1.82, 2.24) is 5.32 Å². The second-order valence-corrected chi connectivity index (χ2v) is 9.66. The minimum atomic E-state index is -0.148. The molecule has 1 amide bonds. The van der Waals surface area contributed by atoms with E-state index in [1.807, 2.05) is 0 Å². The third-order valence-corrected chi connectivity index (χ3v) is 5.79. The van der Waals surface area contributed by atoms with Gasteiger partial charge in [-0.1, -0.05) is 60.6 Å². The Labute approximate surface area is 144 Å². The van der Waals surface area contributed by atoms with Gasteiger partial charge in [0.1, 0.15) is 5.75 Å². The van der Waals surface area contributed by atoms with E-state index in [1.54, 1.807) is 11.8 Å². The van der Waals surface area contributed by atoms with E-state index in [2.05, 4.69) is 65.9 Å². The van der Waals surface area contributed by atoms with Gasteiger partial charge in [-0.3, -0.25) is 4.79 Å². The maximum atomic E-state index is 12.0. The Bertz CT molecular complexity index is 576. The molecule has 4 heteroatoms. The predicted molar refractivity (Wildman–Crippen MR) is 98.3 cm³/mol. The fourth-order valence-corrected chi connectivity index (χ4v) is 4.07. The highest BCUT2D eigenvalue weighted by atomic mass is 32.2. The van der Waals surface area contributed by atoms with Crippen LogP contribution in [0, 0.1) is 0 Å². The molecular weight excluding hydrogens is 306 g/mol. The van der Waals surface area contributed by atoms with Crippen LogP contribution in [0.1, 0.15) is 71.1 Å². The number of phenolic OH excluding ortho intramolecular Hbond substituents is 1. The second kappa shape index (κ2) is 6.04. The third-order valence-electron chi connectivity index (χ3n) is 4.50. The lowest BCUT2D eigenvalue weighted by Crippen LogP contribution is -2.27. The summed E-state index contributed by atoms with van der Waals surface area (Å²) >= 11 is 1.66. The van der Waals surface area contributed by atoms with Crippen LogP contribution in [0.5, 0.6) is 5.75 Å². The lowest BCUT2D eigenvalue weighted by molar-refractivity contribution is -0.119. The van der Waals surface area contributed by atoms with Gasteiger partial charge < -0.3 is 10.4 Å². The number of carbonyl (C=O) groups excluding carboxylic acids is 1. The van der Waals surface area contributed by atoms with E-state index in [4.69, 9.17) is 0 Å². The van der Waals surface area contributed by atoms with E-state index in [-0.39, 0.29) is 27.9 Å². The van der Waals surface area contributed by atoms with Crippen molar-refractivity contribution in [3.05, 3.63) is 28.8 Å². The smallest absolute Gasteiger partial charge is 0.234 e. The first-order chi connectivity index (χ1) is 10.4. The lowest BCUT2D eigenvalue weighted by Gasteiger charge is -2.30. The molecule has 1 aromatic rings. The van der Waals surface area contributed by atoms with E-state index in [9.17, 15) is 9.90 Å². The van der Waals surface area contributed by atoms with E-state index in [1.165, 1.54) is 0 Å². The van der Waals surface area contributed by atoms with Crippen LogP contribution < -0.4 is 5.32 Å². The van der Waals surface area contributed by atoms with Crippen LogP contribution in [-0.4, -0.2) is 22.1 Å². The van der Waals surface area contributed by atoms with Crippen LogP contribution in [0.25, 0.3) is 0 Å². The van der Waals surface area contributed by atoms with E-state index in [0.29, 0.717) is 11.6 Å². The van der Waals surface area contributed by atoms with Crippen molar-refractivity contribution in [2.75, 3.05) is 5.88 Å². The lowest BCUT2D eigenvalue weighted by atomic mass is 9.77. The molecule has 2 rings (SSSR count). The number of hydrogen-bond donors (Lipinski definition) is 2. The average Bonchev–Trinajstić information content (AvgIpc) is 2.81. The van der Waals surface area contributed by atoms with Gasteiger partial charge >= 0.3 is 0 Å². The Kier molecular flexibility index (Phi) is 4.78. The molecule has 1 aliphatic heterocycles. The van der Waals surface area contributed by atoms with Crippen molar-refractivity contribution in [2.45, 2.75) is 70.5 Å². The van der Waals surface area contributed by atoms with Crippen LogP contribution in [0.2, 0.25) is 0 Å². The van der Waals surface area contributed by atoms with Crippen molar-refractivity contribution in [3.63, 3.8) is 0 Å². The molecule has 1 fully saturated rings. The summed E-state index contributed by atoms with van der Waals surface area (Å²) < 4.78 is 0. The van der Waals surface area contributed by atoms with Gasteiger partial charge in [0.2, 0.25) is 5.91 Å². The van der Waals surface area contributed by atoms with Crippen molar-refractivity contribution < 1.29 is 9.90 Å². The van der Waals surface area contributed by atoms with Crippen molar-refractivity contribution in [1.29, 1.82) is 0 Å². The van der Waals surface area contributed by atoms with Crippen molar-refractivity contribution in [3.8, 4) is 5.75 Å². The van der Waals surface area contributed by atoms with Crippen LogP contribution in [0.4, 0.5) is 0 Å². The molecule has 0 saturated carbocycles. The molecule has 128 valence electrons. The molecule has 1 aromatic carbocycles. The molecule has 3 nitrogen and oxygen atoms in total. The van der Waals surface area contributed by atoms with Crippen LogP contribution >= 0.6 is 11.8 Å². The van der Waals surface area contributed by atoms with E-state index >= 15 is 0 Å². The van der Waals surface area contributed by atoms with E-state index < -0.39 is 0 Å². The zero-order valence-corrected chi connectivity index (χ0v) is 16.1. The van der Waals surface area contributed by atoms with Gasteiger partial charge in [-0.05, 0) is 27.5 Å². The minimum absolute atomic E-state index is 0.0554. The molecule has 23 heavy (non-hydrogen) atoms. The molecule has 0 aliphatic carbocycles. The highest BCUT2D eigenvalue weighted by Gasteiger charge is 2.34. The monoisotopic (exact) mass is 335 g/mol. The van der Waals surface area contributed by atoms with Crippen LogP contribution in [-0.2, 0) is 15.6 Å².